The topological polar surface area (TPSA) is 91.7 Å². The lowest BCUT2D eigenvalue weighted by Gasteiger charge is -2.11. The molecule has 0 spiro atoms. The fourth-order valence-corrected chi connectivity index (χ4v) is 4.99. The largest absolute Gasteiger partial charge is 0.506 e. The molecule has 3 N–H and O–H groups in total. The lowest BCUT2D eigenvalue weighted by Crippen LogP contribution is -2.05. The van der Waals surface area contributed by atoms with Gasteiger partial charge in [-0.05, 0) is 36.2 Å². The van der Waals surface area contributed by atoms with Crippen molar-refractivity contribution in [2.75, 3.05) is 12.4 Å². The highest BCUT2D eigenvalue weighted by molar-refractivity contribution is 7.12. The number of carbonyl (C=O) groups excluding carboxylic acids is 1. The number of thiazole rings is 1. The summed E-state index contributed by atoms with van der Waals surface area (Å²) < 4.78 is 5.20. The van der Waals surface area contributed by atoms with Crippen LogP contribution in [0.4, 0.5) is 5.69 Å². The number of aliphatic hydroxyl groups excluding tert-OH is 1. The van der Waals surface area contributed by atoms with Crippen molar-refractivity contribution in [2.24, 2.45) is 0 Å². The molecule has 5 rings (SSSR count). The Labute approximate surface area is 204 Å². The number of halogens is 1. The smallest absolute Gasteiger partial charge is 0.260 e. The fourth-order valence-electron chi connectivity index (χ4n) is 3.99. The zero-order chi connectivity index (χ0) is 24.0. The predicted octanol–water partition coefficient (Wildman–Crippen LogP) is 6.53. The first-order chi connectivity index (χ1) is 16.4. The van der Waals surface area contributed by atoms with Crippen molar-refractivity contribution in [3.63, 3.8) is 0 Å². The molecule has 0 atom stereocenters. The number of nitrogens with zero attached hydrogens (tertiary/aromatic N) is 1. The van der Waals surface area contributed by atoms with Crippen LogP contribution in [0.25, 0.3) is 33.6 Å². The number of nitrogens with one attached hydrogen (secondary N) is 1. The average molecular weight is 491 g/mol. The van der Waals surface area contributed by atoms with Gasteiger partial charge in [0.25, 0.3) is 5.91 Å². The summed E-state index contributed by atoms with van der Waals surface area (Å²) in [5.41, 5.74) is 4.30. The first kappa shape index (κ1) is 22.0. The minimum atomic E-state index is -0.393. The molecule has 6 nitrogen and oxygen atoms in total. The summed E-state index contributed by atoms with van der Waals surface area (Å²) in [7, 11) is 1.51. The van der Waals surface area contributed by atoms with Gasteiger partial charge >= 0.3 is 0 Å². The summed E-state index contributed by atoms with van der Waals surface area (Å²) >= 11 is 7.88. The van der Waals surface area contributed by atoms with Crippen LogP contribution in [-0.2, 0) is 4.79 Å². The van der Waals surface area contributed by atoms with E-state index in [4.69, 9.17) is 16.3 Å². The number of aromatic hydroxyl groups is 1. The standard InChI is InChI=1S/C26H19ClN2O4S/c1-13-28-12-22(34-13)25(31)23-18-10-17(19(27)11-20(18)29-26(23)32)15-8-6-14(7-9-15)16-4-3-5-21(33-2)24(16)30/h3-12,30-31H,1-2H3,(H,29,32). The van der Waals surface area contributed by atoms with Gasteiger partial charge in [0, 0.05) is 22.9 Å². The van der Waals surface area contributed by atoms with E-state index in [9.17, 15) is 15.0 Å². The molecule has 0 saturated carbocycles. The Hall–Kier alpha value is -3.81. The van der Waals surface area contributed by atoms with Crippen LogP contribution in [-0.4, -0.2) is 28.2 Å². The number of benzene rings is 3. The van der Waals surface area contributed by atoms with Crippen molar-refractivity contribution < 1.29 is 19.7 Å². The Bertz CT molecular complexity index is 1470. The lowest BCUT2D eigenvalue weighted by molar-refractivity contribution is -0.110. The number of hydrogen-bond acceptors (Lipinski definition) is 6. The highest BCUT2D eigenvalue weighted by Crippen LogP contribution is 2.43. The molecule has 0 fully saturated rings. The summed E-state index contributed by atoms with van der Waals surface area (Å²) in [5, 5.41) is 25.3. The van der Waals surface area contributed by atoms with Crippen LogP contribution in [0, 0.1) is 6.92 Å². The Morgan fingerprint density at radius 3 is 2.41 bits per heavy atom. The molecule has 170 valence electrons. The molecular weight excluding hydrogens is 472 g/mol. The quantitative estimate of drug-likeness (QED) is 0.223. The molecule has 0 bridgehead atoms. The van der Waals surface area contributed by atoms with E-state index in [1.54, 1.807) is 24.4 Å². The summed E-state index contributed by atoms with van der Waals surface area (Å²) in [6.07, 6.45) is 1.55. The second kappa shape index (κ2) is 8.52. The Balaban J connectivity index is 1.57. The average Bonchev–Trinajstić information content (AvgIpc) is 3.40. The lowest BCUT2D eigenvalue weighted by atomic mass is 9.96. The van der Waals surface area contributed by atoms with E-state index in [0.717, 1.165) is 16.1 Å². The summed E-state index contributed by atoms with van der Waals surface area (Å²) in [4.78, 5) is 17.4. The molecular formula is C26H19ClN2O4S. The molecule has 1 aliphatic heterocycles. The molecule has 1 aromatic heterocycles. The number of aliphatic hydroxyl groups is 1. The monoisotopic (exact) mass is 490 g/mol. The van der Waals surface area contributed by atoms with E-state index < -0.39 is 5.91 Å². The van der Waals surface area contributed by atoms with Crippen LogP contribution in [0.3, 0.4) is 0 Å². The predicted molar refractivity (Wildman–Crippen MR) is 135 cm³/mol. The number of phenolic OH excluding ortho intramolecular Hbond substituents is 1. The number of para-hydroxylation sites is 1. The van der Waals surface area contributed by atoms with Crippen LogP contribution in [0.15, 0.2) is 60.8 Å². The van der Waals surface area contributed by atoms with E-state index in [1.807, 2.05) is 43.3 Å². The number of hydrogen-bond donors (Lipinski definition) is 3. The molecule has 1 aliphatic rings. The van der Waals surface area contributed by atoms with E-state index in [-0.39, 0.29) is 17.1 Å². The number of carbonyl (C=O) groups is 1. The maximum atomic E-state index is 12.7. The van der Waals surface area contributed by atoms with Crippen LogP contribution in [0.5, 0.6) is 11.5 Å². The summed E-state index contributed by atoms with van der Waals surface area (Å²) in [5.74, 6) is -0.0354. The van der Waals surface area contributed by atoms with Crippen LogP contribution >= 0.6 is 22.9 Å². The molecule has 0 unspecified atom stereocenters. The van der Waals surface area contributed by atoms with Crippen molar-refractivity contribution in [2.45, 2.75) is 6.92 Å². The number of aryl methyl sites for hydroxylation is 1. The van der Waals surface area contributed by atoms with Gasteiger partial charge < -0.3 is 20.3 Å². The number of methoxy groups -OCH3 is 1. The SMILES string of the molecule is COc1cccc(-c2ccc(-c3cc4c(cc3Cl)NC(=O)C4=C(O)c3cnc(C)s3)cc2)c1O. The Kier molecular flexibility index (Phi) is 5.51. The van der Waals surface area contributed by atoms with Gasteiger partial charge in [-0.25, -0.2) is 4.98 Å². The number of aromatic nitrogens is 1. The molecule has 34 heavy (non-hydrogen) atoms. The van der Waals surface area contributed by atoms with Crippen molar-refractivity contribution >= 4 is 45.9 Å². The highest BCUT2D eigenvalue weighted by atomic mass is 35.5. The maximum Gasteiger partial charge on any atom is 0.260 e. The molecule has 0 aliphatic carbocycles. The van der Waals surface area contributed by atoms with Gasteiger partial charge in [0.1, 0.15) is 5.76 Å². The second-order valence-electron chi connectivity index (χ2n) is 7.73. The zero-order valence-electron chi connectivity index (χ0n) is 18.2. The minimum absolute atomic E-state index is 0.0708. The van der Waals surface area contributed by atoms with E-state index in [2.05, 4.69) is 10.3 Å². The zero-order valence-corrected chi connectivity index (χ0v) is 19.8. The number of phenols is 1. The molecule has 4 aromatic rings. The highest BCUT2D eigenvalue weighted by Gasteiger charge is 2.30. The van der Waals surface area contributed by atoms with Crippen LogP contribution in [0.1, 0.15) is 15.4 Å². The van der Waals surface area contributed by atoms with E-state index >= 15 is 0 Å². The van der Waals surface area contributed by atoms with Crippen molar-refractivity contribution in [1.29, 1.82) is 0 Å². The molecule has 0 radical (unpaired) electrons. The van der Waals surface area contributed by atoms with Gasteiger partial charge in [0.15, 0.2) is 11.5 Å². The first-order valence-corrected chi connectivity index (χ1v) is 11.5. The first-order valence-electron chi connectivity index (χ1n) is 10.4. The molecule has 0 saturated heterocycles. The number of amides is 1. The van der Waals surface area contributed by atoms with Crippen LogP contribution < -0.4 is 10.1 Å². The fraction of sp³-hybridized carbons (Fsp3) is 0.0769. The summed E-state index contributed by atoms with van der Waals surface area (Å²) in [6, 6.07) is 16.3. The Morgan fingerprint density at radius 1 is 1.06 bits per heavy atom. The van der Waals surface area contributed by atoms with E-state index in [1.165, 1.54) is 18.4 Å². The number of fused-ring (bicyclic) bond motifs is 1. The minimum Gasteiger partial charge on any atom is -0.506 e. The molecule has 3 aromatic carbocycles. The van der Waals surface area contributed by atoms with Gasteiger partial charge in [0.2, 0.25) is 0 Å². The van der Waals surface area contributed by atoms with Gasteiger partial charge in [-0.1, -0.05) is 48.0 Å². The van der Waals surface area contributed by atoms with Gasteiger partial charge in [-0.3, -0.25) is 4.79 Å². The maximum absolute atomic E-state index is 12.7. The van der Waals surface area contributed by atoms with E-state index in [0.29, 0.717) is 38.0 Å². The summed E-state index contributed by atoms with van der Waals surface area (Å²) in [6.45, 7) is 1.83. The number of rotatable bonds is 4. The van der Waals surface area contributed by atoms with Gasteiger partial charge in [-0.2, -0.15) is 0 Å². The van der Waals surface area contributed by atoms with Crippen molar-refractivity contribution in [3.8, 4) is 33.8 Å². The third-order valence-corrected chi connectivity index (χ3v) is 6.90. The van der Waals surface area contributed by atoms with Crippen LogP contribution in [0.2, 0.25) is 5.02 Å². The third-order valence-electron chi connectivity index (χ3n) is 5.67. The molecule has 8 heteroatoms. The van der Waals surface area contributed by atoms with Gasteiger partial charge in [0.05, 0.1) is 33.3 Å². The number of anilines is 1. The number of ether oxygens (including phenoxy) is 1. The normalized spacial score (nSPS) is 14.0. The van der Waals surface area contributed by atoms with Crippen molar-refractivity contribution in [3.05, 3.63) is 81.3 Å². The van der Waals surface area contributed by atoms with Gasteiger partial charge in [-0.15, -0.1) is 11.3 Å². The van der Waals surface area contributed by atoms with Crippen molar-refractivity contribution in [1.82, 2.24) is 4.98 Å². The third kappa shape index (κ3) is 3.69. The molecule has 2 heterocycles. The Morgan fingerprint density at radius 2 is 1.76 bits per heavy atom. The molecule has 1 amide bonds. The second-order valence-corrected chi connectivity index (χ2v) is 9.37.